The lowest BCUT2D eigenvalue weighted by Gasteiger charge is -2.20. The second-order valence-corrected chi connectivity index (χ2v) is 5.65. The zero-order valence-corrected chi connectivity index (χ0v) is 11.7. The molecule has 0 unspecified atom stereocenters. The van der Waals surface area contributed by atoms with Gasteiger partial charge in [-0.1, -0.05) is 6.07 Å². The van der Waals surface area contributed by atoms with Crippen LogP contribution in [0.2, 0.25) is 0 Å². The minimum atomic E-state index is -1.03. The van der Waals surface area contributed by atoms with Crippen molar-refractivity contribution in [3.8, 4) is 0 Å². The van der Waals surface area contributed by atoms with Crippen LogP contribution < -0.4 is 5.32 Å². The summed E-state index contributed by atoms with van der Waals surface area (Å²) in [6.07, 6.45) is 1.49. The van der Waals surface area contributed by atoms with Gasteiger partial charge in [-0.15, -0.1) is 0 Å². The average Bonchev–Trinajstić information content (AvgIpc) is 2.69. The third kappa shape index (κ3) is 2.96. The van der Waals surface area contributed by atoms with Gasteiger partial charge in [0.25, 0.3) is 0 Å². The SMILES string of the molecule is CC(C)(C)NC(=O)Cn1cnc2cccc(C(=O)O)c21. The molecule has 0 saturated heterocycles. The van der Waals surface area contributed by atoms with E-state index < -0.39 is 5.97 Å². The predicted molar refractivity (Wildman–Crippen MR) is 74.6 cm³/mol. The van der Waals surface area contributed by atoms with Crippen LogP contribution >= 0.6 is 0 Å². The first-order valence-corrected chi connectivity index (χ1v) is 6.26. The van der Waals surface area contributed by atoms with Gasteiger partial charge in [0, 0.05) is 5.54 Å². The van der Waals surface area contributed by atoms with Crippen LogP contribution in [0.25, 0.3) is 11.0 Å². The van der Waals surface area contributed by atoms with Gasteiger partial charge in [-0.05, 0) is 32.9 Å². The van der Waals surface area contributed by atoms with E-state index in [4.69, 9.17) is 0 Å². The number of aromatic carboxylic acids is 1. The highest BCUT2D eigenvalue weighted by Gasteiger charge is 2.17. The van der Waals surface area contributed by atoms with Gasteiger partial charge in [0.1, 0.15) is 6.54 Å². The Kier molecular flexibility index (Phi) is 3.48. The van der Waals surface area contributed by atoms with Crippen LogP contribution in [0.1, 0.15) is 31.1 Å². The molecule has 0 aliphatic rings. The van der Waals surface area contributed by atoms with E-state index in [-0.39, 0.29) is 23.6 Å². The molecule has 1 heterocycles. The minimum Gasteiger partial charge on any atom is -0.478 e. The molecule has 0 aliphatic heterocycles. The van der Waals surface area contributed by atoms with Gasteiger partial charge in [0.2, 0.25) is 5.91 Å². The molecule has 1 aromatic heterocycles. The largest absolute Gasteiger partial charge is 0.478 e. The fourth-order valence-electron chi connectivity index (χ4n) is 2.03. The summed E-state index contributed by atoms with van der Waals surface area (Å²) in [5.41, 5.74) is 0.837. The number of amides is 1. The second kappa shape index (κ2) is 4.96. The zero-order valence-electron chi connectivity index (χ0n) is 11.7. The van der Waals surface area contributed by atoms with E-state index in [2.05, 4.69) is 10.3 Å². The summed E-state index contributed by atoms with van der Waals surface area (Å²) in [5, 5.41) is 12.0. The van der Waals surface area contributed by atoms with Crippen molar-refractivity contribution in [1.29, 1.82) is 0 Å². The summed E-state index contributed by atoms with van der Waals surface area (Å²) in [6, 6.07) is 4.86. The molecule has 0 atom stereocenters. The molecule has 2 rings (SSSR count). The smallest absolute Gasteiger partial charge is 0.337 e. The van der Waals surface area contributed by atoms with Crippen LogP contribution in [0.15, 0.2) is 24.5 Å². The predicted octanol–water partition coefficient (Wildman–Crippen LogP) is 1.65. The van der Waals surface area contributed by atoms with Crippen molar-refractivity contribution < 1.29 is 14.7 Å². The fourth-order valence-corrected chi connectivity index (χ4v) is 2.03. The number of carboxylic acids is 1. The van der Waals surface area contributed by atoms with E-state index in [1.807, 2.05) is 20.8 Å². The number of aromatic nitrogens is 2. The summed E-state index contributed by atoms with van der Waals surface area (Å²) in [4.78, 5) is 27.3. The first-order valence-electron chi connectivity index (χ1n) is 6.26. The third-order valence-corrected chi connectivity index (χ3v) is 2.70. The van der Waals surface area contributed by atoms with Crippen molar-refractivity contribution in [2.24, 2.45) is 0 Å². The molecular formula is C14H17N3O3. The fraction of sp³-hybridized carbons (Fsp3) is 0.357. The minimum absolute atomic E-state index is 0.0397. The molecule has 1 amide bonds. The molecule has 0 radical (unpaired) electrons. The van der Waals surface area contributed by atoms with Crippen molar-refractivity contribution in [1.82, 2.24) is 14.9 Å². The molecule has 0 fully saturated rings. The van der Waals surface area contributed by atoms with Crippen molar-refractivity contribution >= 4 is 22.9 Å². The molecule has 6 nitrogen and oxygen atoms in total. The van der Waals surface area contributed by atoms with Crippen molar-refractivity contribution in [2.75, 3.05) is 0 Å². The van der Waals surface area contributed by atoms with E-state index >= 15 is 0 Å². The van der Waals surface area contributed by atoms with Crippen LogP contribution in [-0.4, -0.2) is 32.1 Å². The highest BCUT2D eigenvalue weighted by Crippen LogP contribution is 2.18. The van der Waals surface area contributed by atoms with E-state index in [0.29, 0.717) is 11.0 Å². The maximum atomic E-state index is 11.9. The molecule has 2 aromatic rings. The number of fused-ring (bicyclic) bond motifs is 1. The van der Waals surface area contributed by atoms with Gasteiger partial charge in [0.05, 0.1) is 22.9 Å². The number of nitrogens with zero attached hydrogens (tertiary/aromatic N) is 2. The van der Waals surface area contributed by atoms with Gasteiger partial charge >= 0.3 is 5.97 Å². The monoisotopic (exact) mass is 275 g/mol. The lowest BCUT2D eigenvalue weighted by atomic mass is 10.1. The molecule has 0 spiro atoms. The Hall–Kier alpha value is -2.37. The molecule has 2 N–H and O–H groups in total. The van der Waals surface area contributed by atoms with E-state index in [9.17, 15) is 14.7 Å². The molecular weight excluding hydrogens is 258 g/mol. The Morgan fingerprint density at radius 2 is 2.05 bits per heavy atom. The number of hydrogen-bond acceptors (Lipinski definition) is 3. The maximum absolute atomic E-state index is 11.9. The lowest BCUT2D eigenvalue weighted by molar-refractivity contribution is -0.123. The maximum Gasteiger partial charge on any atom is 0.337 e. The number of hydrogen-bond donors (Lipinski definition) is 2. The highest BCUT2D eigenvalue weighted by molar-refractivity contribution is 6.01. The molecule has 0 saturated carbocycles. The molecule has 106 valence electrons. The normalized spacial score (nSPS) is 11.6. The van der Waals surface area contributed by atoms with Gasteiger partial charge in [0.15, 0.2) is 0 Å². The number of carbonyl (C=O) groups excluding carboxylic acids is 1. The van der Waals surface area contributed by atoms with Crippen LogP contribution in [0.3, 0.4) is 0 Å². The topological polar surface area (TPSA) is 84.2 Å². The van der Waals surface area contributed by atoms with Crippen LogP contribution in [-0.2, 0) is 11.3 Å². The summed E-state index contributed by atoms with van der Waals surface area (Å²) in [7, 11) is 0. The number of carboxylic acid groups (broad SMARTS) is 1. The zero-order chi connectivity index (χ0) is 14.9. The molecule has 0 aliphatic carbocycles. The number of nitrogens with one attached hydrogen (secondary N) is 1. The van der Waals surface area contributed by atoms with Crippen molar-refractivity contribution in [3.05, 3.63) is 30.1 Å². The quantitative estimate of drug-likeness (QED) is 0.892. The van der Waals surface area contributed by atoms with Gasteiger partial charge in [-0.25, -0.2) is 9.78 Å². The van der Waals surface area contributed by atoms with Crippen molar-refractivity contribution in [3.63, 3.8) is 0 Å². The van der Waals surface area contributed by atoms with Crippen LogP contribution in [0.4, 0.5) is 0 Å². The van der Waals surface area contributed by atoms with E-state index in [1.165, 1.54) is 12.4 Å². The average molecular weight is 275 g/mol. The number of benzene rings is 1. The number of imidazole rings is 1. The summed E-state index contributed by atoms with van der Waals surface area (Å²) in [6.45, 7) is 5.71. The Balaban J connectivity index is 2.36. The number of rotatable bonds is 3. The molecule has 20 heavy (non-hydrogen) atoms. The van der Waals surface area contributed by atoms with Crippen LogP contribution in [0.5, 0.6) is 0 Å². The second-order valence-electron chi connectivity index (χ2n) is 5.65. The van der Waals surface area contributed by atoms with Crippen LogP contribution in [0, 0.1) is 0 Å². The third-order valence-electron chi connectivity index (χ3n) is 2.70. The highest BCUT2D eigenvalue weighted by atomic mass is 16.4. The van der Waals surface area contributed by atoms with Gasteiger partial charge in [-0.2, -0.15) is 0 Å². The van der Waals surface area contributed by atoms with Gasteiger partial charge < -0.3 is 15.0 Å². The number of para-hydroxylation sites is 1. The Morgan fingerprint density at radius 1 is 1.35 bits per heavy atom. The van der Waals surface area contributed by atoms with Crippen molar-refractivity contribution in [2.45, 2.75) is 32.9 Å². The summed E-state index contributed by atoms with van der Waals surface area (Å²) >= 11 is 0. The molecule has 0 bridgehead atoms. The summed E-state index contributed by atoms with van der Waals surface area (Å²) < 4.78 is 1.56. The first-order chi connectivity index (χ1) is 9.28. The Bertz CT molecular complexity index is 668. The molecule has 6 heteroatoms. The summed E-state index contributed by atoms with van der Waals surface area (Å²) in [5.74, 6) is -1.22. The van der Waals surface area contributed by atoms with E-state index in [0.717, 1.165) is 0 Å². The Labute approximate surface area is 116 Å². The first kappa shape index (κ1) is 14.0. The van der Waals surface area contributed by atoms with E-state index in [1.54, 1.807) is 16.7 Å². The van der Waals surface area contributed by atoms with Gasteiger partial charge in [-0.3, -0.25) is 4.79 Å². The lowest BCUT2D eigenvalue weighted by Crippen LogP contribution is -2.42. The Morgan fingerprint density at radius 3 is 2.65 bits per heavy atom. The standard InChI is InChI=1S/C14H17N3O3/c1-14(2,3)16-11(18)7-17-8-15-10-6-4-5-9(12(10)17)13(19)20/h4-6,8H,7H2,1-3H3,(H,16,18)(H,19,20). The number of carbonyl (C=O) groups is 2. The molecule has 1 aromatic carbocycles.